The molecular weight excluding hydrogens is 504 g/mol. The van der Waals surface area contributed by atoms with Crippen molar-refractivity contribution >= 4 is 32.9 Å². The zero-order chi connectivity index (χ0) is 24.4. The molecule has 172 valence electrons. The number of halogens is 1. The summed E-state index contributed by atoms with van der Waals surface area (Å²) in [7, 11) is 3.26. The first kappa shape index (κ1) is 22.7. The van der Waals surface area contributed by atoms with E-state index < -0.39 is 0 Å². The number of methoxy groups -OCH3 is 2. The molecular formula is C29H21BrN2O3. The SMILES string of the molecule is COc1ccc(/C=N/C2=C(C#N)C(c3ccc(OC)cc3)c3c(ccc4cc(Br)ccc34)O2)cc1. The first-order valence-electron chi connectivity index (χ1n) is 11.0. The van der Waals surface area contributed by atoms with Gasteiger partial charge in [-0.2, -0.15) is 5.26 Å². The molecule has 0 amide bonds. The van der Waals surface area contributed by atoms with Crippen LogP contribution in [0.4, 0.5) is 0 Å². The number of allylic oxidation sites excluding steroid dienone is 1. The summed E-state index contributed by atoms with van der Waals surface area (Å²) in [5, 5.41) is 12.4. The van der Waals surface area contributed by atoms with Crippen molar-refractivity contribution in [2.24, 2.45) is 4.99 Å². The molecule has 1 aliphatic rings. The van der Waals surface area contributed by atoms with E-state index in [2.05, 4.69) is 39.1 Å². The van der Waals surface area contributed by atoms with Gasteiger partial charge in [0.1, 0.15) is 28.9 Å². The van der Waals surface area contributed by atoms with Crippen LogP contribution in [0, 0.1) is 11.3 Å². The third kappa shape index (κ3) is 4.39. The van der Waals surface area contributed by atoms with Crippen LogP contribution in [0.5, 0.6) is 17.2 Å². The minimum absolute atomic E-state index is 0.285. The van der Waals surface area contributed by atoms with Crippen LogP contribution in [-0.2, 0) is 0 Å². The van der Waals surface area contributed by atoms with E-state index in [4.69, 9.17) is 14.2 Å². The molecule has 0 N–H and O–H groups in total. The number of fused-ring (bicyclic) bond motifs is 3. The molecule has 0 saturated carbocycles. The minimum atomic E-state index is -0.345. The van der Waals surface area contributed by atoms with Gasteiger partial charge in [0.15, 0.2) is 0 Å². The predicted octanol–water partition coefficient (Wildman–Crippen LogP) is 7.00. The molecule has 4 aromatic rings. The van der Waals surface area contributed by atoms with Gasteiger partial charge in [-0.05, 0) is 76.5 Å². The molecule has 5 rings (SSSR count). The lowest BCUT2D eigenvalue weighted by molar-refractivity contribution is 0.396. The average Bonchev–Trinajstić information content (AvgIpc) is 2.91. The average molecular weight is 525 g/mol. The summed E-state index contributed by atoms with van der Waals surface area (Å²) >= 11 is 3.56. The van der Waals surface area contributed by atoms with Crippen molar-refractivity contribution in [3.63, 3.8) is 0 Å². The Bertz CT molecular complexity index is 1500. The van der Waals surface area contributed by atoms with Crippen LogP contribution in [0.2, 0.25) is 0 Å². The maximum Gasteiger partial charge on any atom is 0.234 e. The summed E-state index contributed by atoms with van der Waals surface area (Å²) in [5.74, 6) is 2.14. The monoisotopic (exact) mass is 524 g/mol. The van der Waals surface area contributed by atoms with Crippen molar-refractivity contribution in [3.8, 4) is 23.3 Å². The van der Waals surface area contributed by atoms with Gasteiger partial charge in [0.05, 0.1) is 20.1 Å². The van der Waals surface area contributed by atoms with Gasteiger partial charge < -0.3 is 14.2 Å². The van der Waals surface area contributed by atoms with Crippen LogP contribution >= 0.6 is 15.9 Å². The Kier molecular flexibility index (Phi) is 6.26. The number of ether oxygens (including phenoxy) is 3. The molecule has 0 spiro atoms. The first-order valence-corrected chi connectivity index (χ1v) is 11.8. The summed E-state index contributed by atoms with van der Waals surface area (Å²) in [4.78, 5) is 4.60. The third-order valence-electron chi connectivity index (χ3n) is 6.01. The highest BCUT2D eigenvalue weighted by Gasteiger charge is 2.33. The summed E-state index contributed by atoms with van der Waals surface area (Å²) < 4.78 is 17.8. The highest BCUT2D eigenvalue weighted by Crippen LogP contribution is 2.47. The molecule has 0 bridgehead atoms. The molecule has 4 aromatic carbocycles. The second-order valence-electron chi connectivity index (χ2n) is 8.01. The molecule has 0 aromatic heterocycles. The Morgan fingerprint density at radius 3 is 2.26 bits per heavy atom. The van der Waals surface area contributed by atoms with Crippen molar-refractivity contribution in [3.05, 3.63) is 111 Å². The Morgan fingerprint density at radius 2 is 1.60 bits per heavy atom. The van der Waals surface area contributed by atoms with Crippen LogP contribution < -0.4 is 14.2 Å². The van der Waals surface area contributed by atoms with Crippen molar-refractivity contribution in [2.45, 2.75) is 5.92 Å². The van der Waals surface area contributed by atoms with Crippen molar-refractivity contribution in [2.75, 3.05) is 14.2 Å². The second-order valence-corrected chi connectivity index (χ2v) is 8.93. The normalized spacial score (nSPS) is 15.0. The minimum Gasteiger partial charge on any atom is -0.497 e. The third-order valence-corrected chi connectivity index (χ3v) is 6.51. The van der Waals surface area contributed by atoms with E-state index in [9.17, 15) is 5.26 Å². The zero-order valence-electron chi connectivity index (χ0n) is 19.2. The molecule has 5 nitrogen and oxygen atoms in total. The maximum absolute atomic E-state index is 10.3. The molecule has 1 atom stereocenters. The zero-order valence-corrected chi connectivity index (χ0v) is 20.7. The molecule has 0 fully saturated rings. The number of hydrogen-bond donors (Lipinski definition) is 0. The largest absolute Gasteiger partial charge is 0.497 e. The van der Waals surface area contributed by atoms with Crippen LogP contribution in [0.15, 0.2) is 99.8 Å². The summed E-state index contributed by atoms with van der Waals surface area (Å²) in [6.45, 7) is 0. The number of nitriles is 1. The van der Waals surface area contributed by atoms with Gasteiger partial charge in [0.2, 0.25) is 5.88 Å². The van der Waals surface area contributed by atoms with Crippen molar-refractivity contribution in [1.29, 1.82) is 5.26 Å². The van der Waals surface area contributed by atoms with Gasteiger partial charge in [-0.15, -0.1) is 0 Å². The Hall–Kier alpha value is -4.08. The van der Waals surface area contributed by atoms with Gasteiger partial charge >= 0.3 is 0 Å². The molecule has 6 heteroatoms. The van der Waals surface area contributed by atoms with Gasteiger partial charge in [-0.25, -0.2) is 4.99 Å². The predicted molar refractivity (Wildman–Crippen MR) is 140 cm³/mol. The maximum atomic E-state index is 10.3. The van der Waals surface area contributed by atoms with Gasteiger partial charge in [-0.3, -0.25) is 0 Å². The van der Waals surface area contributed by atoms with E-state index >= 15 is 0 Å². The van der Waals surface area contributed by atoms with E-state index in [1.54, 1.807) is 20.4 Å². The summed E-state index contributed by atoms with van der Waals surface area (Å²) in [6, 6.07) is 27.8. The quantitative estimate of drug-likeness (QED) is 0.263. The fraction of sp³-hybridized carbons (Fsp3) is 0.103. The molecule has 0 aliphatic carbocycles. The van der Waals surface area contributed by atoms with Gasteiger partial charge in [0.25, 0.3) is 0 Å². The topological polar surface area (TPSA) is 63.8 Å². The van der Waals surface area contributed by atoms with E-state index in [0.29, 0.717) is 11.3 Å². The first-order chi connectivity index (χ1) is 17.1. The number of hydrogen-bond acceptors (Lipinski definition) is 5. The van der Waals surface area contributed by atoms with Gasteiger partial charge in [-0.1, -0.05) is 40.2 Å². The van der Waals surface area contributed by atoms with E-state index in [-0.39, 0.29) is 11.8 Å². The number of benzene rings is 4. The van der Waals surface area contributed by atoms with Crippen LogP contribution in [0.3, 0.4) is 0 Å². The van der Waals surface area contributed by atoms with E-state index in [1.165, 1.54) is 0 Å². The van der Waals surface area contributed by atoms with E-state index in [1.807, 2.05) is 66.7 Å². The summed E-state index contributed by atoms with van der Waals surface area (Å²) in [6.07, 6.45) is 1.69. The van der Waals surface area contributed by atoms with Crippen LogP contribution in [0.1, 0.15) is 22.6 Å². The number of rotatable bonds is 5. The Labute approximate surface area is 212 Å². The highest BCUT2D eigenvalue weighted by molar-refractivity contribution is 9.10. The summed E-state index contributed by atoms with van der Waals surface area (Å²) in [5.41, 5.74) is 3.22. The molecule has 35 heavy (non-hydrogen) atoms. The smallest absolute Gasteiger partial charge is 0.234 e. The lowest BCUT2D eigenvalue weighted by atomic mass is 9.81. The molecule has 1 aliphatic heterocycles. The molecule has 1 heterocycles. The van der Waals surface area contributed by atoms with Crippen molar-refractivity contribution < 1.29 is 14.2 Å². The highest BCUT2D eigenvalue weighted by atomic mass is 79.9. The lowest BCUT2D eigenvalue weighted by Crippen LogP contribution is -2.16. The second kappa shape index (κ2) is 9.65. The number of nitrogens with zero attached hydrogens (tertiary/aromatic N) is 2. The Morgan fingerprint density at radius 1 is 0.914 bits per heavy atom. The standard InChI is InChI=1S/C29H21BrN2O3/c1-33-22-9-3-18(4-10-22)17-32-29-25(16-31)27(19-5-11-23(34-2)12-6-19)28-24-13-8-21(30)15-20(24)7-14-26(28)35-29/h3-15,17,27H,1-2H3/b32-17+. The van der Waals surface area contributed by atoms with Crippen LogP contribution in [0.25, 0.3) is 10.8 Å². The lowest BCUT2D eigenvalue weighted by Gasteiger charge is -2.28. The molecule has 0 saturated heterocycles. The fourth-order valence-corrected chi connectivity index (χ4v) is 4.66. The number of aliphatic imine (C=N–C) groups is 1. The van der Waals surface area contributed by atoms with E-state index in [0.717, 1.165) is 43.4 Å². The fourth-order valence-electron chi connectivity index (χ4n) is 4.28. The molecule has 0 radical (unpaired) electrons. The Balaban J connectivity index is 1.68. The van der Waals surface area contributed by atoms with Crippen LogP contribution in [-0.4, -0.2) is 20.4 Å². The van der Waals surface area contributed by atoms with Gasteiger partial charge in [0, 0.05) is 16.3 Å². The van der Waals surface area contributed by atoms with Crippen molar-refractivity contribution in [1.82, 2.24) is 0 Å². The molecule has 1 unspecified atom stereocenters.